The first-order valence-corrected chi connectivity index (χ1v) is 13.2. The third-order valence-electron chi connectivity index (χ3n) is 6.82. The Morgan fingerprint density at radius 3 is 2.31 bits per heavy atom. The Bertz CT molecular complexity index is 1570. The van der Waals surface area contributed by atoms with E-state index in [-0.39, 0.29) is 5.82 Å². The zero-order chi connectivity index (χ0) is 26.8. The van der Waals surface area contributed by atoms with Gasteiger partial charge < -0.3 is 15.4 Å². The standard InChI is InChI=1S/C29H27ClFN7O/c30-21-8-12-23(13-9-21)38-27(32)25-26(20-6-10-22(31)11-7-20)33-29(34-28(25)35-38)37-16-14-36(15-17-37)18-19-39-24-4-2-1-3-5-24/h1-13H,14-19,32H2. The minimum Gasteiger partial charge on any atom is -0.492 e. The lowest BCUT2D eigenvalue weighted by molar-refractivity contribution is 0.200. The van der Waals surface area contributed by atoms with E-state index < -0.39 is 0 Å². The summed E-state index contributed by atoms with van der Waals surface area (Å²) in [5.74, 6) is 1.54. The molecule has 2 aromatic heterocycles. The van der Waals surface area contributed by atoms with Gasteiger partial charge in [-0.25, -0.2) is 14.1 Å². The molecule has 0 bridgehead atoms. The molecule has 0 unspecified atom stereocenters. The summed E-state index contributed by atoms with van der Waals surface area (Å²) in [6.07, 6.45) is 0. The van der Waals surface area contributed by atoms with Gasteiger partial charge in [0, 0.05) is 43.3 Å². The third-order valence-corrected chi connectivity index (χ3v) is 7.07. The van der Waals surface area contributed by atoms with Crippen LogP contribution in [-0.4, -0.2) is 64.0 Å². The zero-order valence-corrected chi connectivity index (χ0v) is 21.9. The molecule has 1 saturated heterocycles. The first-order chi connectivity index (χ1) is 19.0. The number of hydrogen-bond acceptors (Lipinski definition) is 7. The molecule has 5 aromatic rings. The number of piperazine rings is 1. The Balaban J connectivity index is 1.27. The molecule has 1 aliphatic heterocycles. The number of nitrogens with two attached hydrogens (primary N) is 1. The predicted molar refractivity (Wildman–Crippen MR) is 152 cm³/mol. The minimum absolute atomic E-state index is 0.318. The van der Waals surface area contributed by atoms with Gasteiger partial charge in [0.05, 0.1) is 16.8 Å². The maximum Gasteiger partial charge on any atom is 0.228 e. The van der Waals surface area contributed by atoms with Crippen LogP contribution in [0.2, 0.25) is 5.02 Å². The second-order valence-electron chi connectivity index (χ2n) is 9.34. The quantitative estimate of drug-likeness (QED) is 0.307. The first kappa shape index (κ1) is 25.1. The van der Waals surface area contributed by atoms with Crippen molar-refractivity contribution in [1.82, 2.24) is 24.6 Å². The highest BCUT2D eigenvalue weighted by Gasteiger charge is 2.24. The lowest BCUT2D eigenvalue weighted by atomic mass is 10.1. The van der Waals surface area contributed by atoms with E-state index in [1.807, 2.05) is 42.5 Å². The number of para-hydroxylation sites is 1. The van der Waals surface area contributed by atoms with Crippen molar-refractivity contribution >= 4 is 34.4 Å². The summed E-state index contributed by atoms with van der Waals surface area (Å²) in [6, 6.07) is 23.3. The van der Waals surface area contributed by atoms with Gasteiger partial charge in [-0.2, -0.15) is 4.98 Å². The number of fused-ring (bicyclic) bond motifs is 1. The highest BCUT2D eigenvalue weighted by Crippen LogP contribution is 2.34. The molecule has 10 heteroatoms. The van der Waals surface area contributed by atoms with Gasteiger partial charge in [0.15, 0.2) is 5.65 Å². The highest BCUT2D eigenvalue weighted by atomic mass is 35.5. The SMILES string of the molecule is Nc1c2c(-c3ccc(F)cc3)nc(N3CCN(CCOc4ccccc4)CC3)nc2nn1-c1ccc(Cl)cc1. The fraction of sp³-hybridized carbons (Fsp3) is 0.207. The van der Waals surface area contributed by atoms with Crippen molar-refractivity contribution in [2.24, 2.45) is 0 Å². The zero-order valence-electron chi connectivity index (χ0n) is 21.2. The Labute approximate surface area is 230 Å². The van der Waals surface area contributed by atoms with E-state index in [1.165, 1.54) is 12.1 Å². The fourth-order valence-electron chi connectivity index (χ4n) is 4.72. The summed E-state index contributed by atoms with van der Waals surface area (Å²) in [7, 11) is 0. The van der Waals surface area contributed by atoms with E-state index in [2.05, 4.69) is 9.80 Å². The Morgan fingerprint density at radius 2 is 1.59 bits per heavy atom. The molecule has 0 atom stereocenters. The normalized spacial score (nSPS) is 14.2. The van der Waals surface area contributed by atoms with Crippen molar-refractivity contribution in [2.75, 3.05) is 50.0 Å². The van der Waals surface area contributed by atoms with Crippen molar-refractivity contribution in [1.29, 1.82) is 0 Å². The monoisotopic (exact) mass is 543 g/mol. The Kier molecular flexibility index (Phi) is 7.00. The fourth-order valence-corrected chi connectivity index (χ4v) is 4.84. The summed E-state index contributed by atoms with van der Waals surface area (Å²) in [4.78, 5) is 14.3. The largest absolute Gasteiger partial charge is 0.492 e. The molecule has 3 aromatic carbocycles. The van der Waals surface area contributed by atoms with Gasteiger partial charge in [0.25, 0.3) is 0 Å². The third kappa shape index (κ3) is 5.36. The molecule has 6 rings (SSSR count). The molecule has 1 aliphatic rings. The summed E-state index contributed by atoms with van der Waals surface area (Å²) in [5.41, 5.74) is 9.19. The van der Waals surface area contributed by atoms with Crippen LogP contribution in [0.5, 0.6) is 5.75 Å². The lowest BCUT2D eigenvalue weighted by Crippen LogP contribution is -2.48. The van der Waals surface area contributed by atoms with Crippen LogP contribution < -0.4 is 15.4 Å². The number of nitrogens with zero attached hydrogens (tertiary/aromatic N) is 6. The second-order valence-corrected chi connectivity index (χ2v) is 9.78. The van der Waals surface area contributed by atoms with Crippen LogP contribution in [0, 0.1) is 5.82 Å². The molecular weight excluding hydrogens is 517 g/mol. The molecule has 198 valence electrons. The molecule has 1 fully saturated rings. The van der Waals surface area contributed by atoms with E-state index in [0.29, 0.717) is 40.1 Å². The summed E-state index contributed by atoms with van der Waals surface area (Å²) in [6.45, 7) is 4.69. The number of rotatable bonds is 7. The summed E-state index contributed by atoms with van der Waals surface area (Å²) < 4.78 is 21.2. The van der Waals surface area contributed by atoms with E-state index in [0.717, 1.165) is 49.7 Å². The number of nitrogen functional groups attached to an aromatic ring is 1. The average Bonchev–Trinajstić information content (AvgIpc) is 3.30. The van der Waals surface area contributed by atoms with E-state index in [1.54, 1.807) is 28.9 Å². The van der Waals surface area contributed by atoms with Crippen LogP contribution in [-0.2, 0) is 0 Å². The van der Waals surface area contributed by atoms with Gasteiger partial charge in [-0.15, -0.1) is 5.10 Å². The molecule has 0 saturated carbocycles. The van der Waals surface area contributed by atoms with E-state index in [4.69, 9.17) is 37.1 Å². The molecule has 39 heavy (non-hydrogen) atoms. The van der Waals surface area contributed by atoms with Gasteiger partial charge in [-0.1, -0.05) is 29.8 Å². The highest BCUT2D eigenvalue weighted by molar-refractivity contribution is 6.30. The first-order valence-electron chi connectivity index (χ1n) is 12.8. The molecule has 2 N–H and O–H groups in total. The molecule has 3 heterocycles. The predicted octanol–water partition coefficient (Wildman–Crippen LogP) is 5.06. The van der Waals surface area contributed by atoms with Crippen LogP contribution in [0.4, 0.5) is 16.2 Å². The second kappa shape index (κ2) is 10.9. The van der Waals surface area contributed by atoms with E-state index in [9.17, 15) is 4.39 Å². The Hall–Kier alpha value is -4.21. The van der Waals surface area contributed by atoms with Gasteiger partial charge >= 0.3 is 0 Å². The maximum atomic E-state index is 13.7. The van der Waals surface area contributed by atoms with Crippen LogP contribution in [0.1, 0.15) is 0 Å². The Morgan fingerprint density at radius 1 is 0.872 bits per heavy atom. The number of ether oxygens (including phenoxy) is 1. The molecule has 0 radical (unpaired) electrons. The van der Waals surface area contributed by atoms with E-state index >= 15 is 0 Å². The van der Waals surface area contributed by atoms with Crippen LogP contribution in [0.25, 0.3) is 28.0 Å². The topological polar surface area (TPSA) is 85.3 Å². The van der Waals surface area contributed by atoms with Gasteiger partial charge in [-0.05, 0) is 60.7 Å². The van der Waals surface area contributed by atoms with Crippen LogP contribution in [0.3, 0.4) is 0 Å². The van der Waals surface area contributed by atoms with Crippen LogP contribution in [0.15, 0.2) is 78.9 Å². The van der Waals surface area contributed by atoms with Gasteiger partial charge in [0.1, 0.15) is 24.0 Å². The summed E-state index contributed by atoms with van der Waals surface area (Å²) >= 11 is 6.08. The molecular formula is C29H27ClFN7O. The number of halogens is 2. The maximum absolute atomic E-state index is 13.7. The van der Waals surface area contributed by atoms with Crippen LogP contribution >= 0.6 is 11.6 Å². The number of benzene rings is 3. The number of aromatic nitrogens is 4. The van der Waals surface area contributed by atoms with Crippen molar-refractivity contribution in [3.05, 3.63) is 89.7 Å². The number of hydrogen-bond donors (Lipinski definition) is 1. The van der Waals surface area contributed by atoms with Crippen molar-refractivity contribution in [3.8, 4) is 22.7 Å². The molecule has 0 amide bonds. The van der Waals surface area contributed by atoms with Crippen molar-refractivity contribution in [3.63, 3.8) is 0 Å². The summed E-state index contributed by atoms with van der Waals surface area (Å²) in [5, 5.41) is 5.97. The minimum atomic E-state index is -0.318. The average molecular weight is 544 g/mol. The van der Waals surface area contributed by atoms with Crippen molar-refractivity contribution in [2.45, 2.75) is 0 Å². The van der Waals surface area contributed by atoms with Gasteiger partial charge in [-0.3, -0.25) is 4.90 Å². The number of anilines is 2. The molecule has 8 nitrogen and oxygen atoms in total. The lowest BCUT2D eigenvalue weighted by Gasteiger charge is -2.34. The van der Waals surface area contributed by atoms with Crippen molar-refractivity contribution < 1.29 is 9.13 Å². The molecule has 0 spiro atoms. The molecule has 0 aliphatic carbocycles. The van der Waals surface area contributed by atoms with Gasteiger partial charge in [0.2, 0.25) is 5.95 Å². The smallest absolute Gasteiger partial charge is 0.228 e.